The van der Waals surface area contributed by atoms with Crippen LogP contribution in [-0.2, 0) is 13.0 Å². The Morgan fingerprint density at radius 2 is 1.83 bits per heavy atom. The maximum absolute atomic E-state index is 14.2. The summed E-state index contributed by atoms with van der Waals surface area (Å²) in [5.41, 5.74) is 3.17. The van der Waals surface area contributed by atoms with Crippen molar-refractivity contribution in [1.82, 2.24) is 15.1 Å². The highest BCUT2D eigenvalue weighted by molar-refractivity contribution is 6.30. The molecule has 2 aromatic carbocycles. The second-order valence-electron chi connectivity index (χ2n) is 5.69. The van der Waals surface area contributed by atoms with Gasteiger partial charge in [-0.1, -0.05) is 29.8 Å². The minimum absolute atomic E-state index is 0.135. The van der Waals surface area contributed by atoms with Gasteiger partial charge in [-0.05, 0) is 24.3 Å². The van der Waals surface area contributed by atoms with Crippen LogP contribution < -0.4 is 5.32 Å². The number of hydrogen-bond donors (Lipinski definition) is 1. The highest BCUT2D eigenvalue weighted by atomic mass is 35.5. The Morgan fingerprint density at radius 1 is 1.08 bits per heavy atom. The van der Waals surface area contributed by atoms with E-state index in [1.54, 1.807) is 12.1 Å². The number of nitrogens with one attached hydrogen (secondary N) is 1. The van der Waals surface area contributed by atoms with Crippen LogP contribution in [0.25, 0.3) is 16.9 Å². The smallest absolute Gasteiger partial charge is 0.151 e. The van der Waals surface area contributed by atoms with E-state index in [1.165, 1.54) is 22.9 Å². The van der Waals surface area contributed by atoms with Crippen LogP contribution >= 0.6 is 11.6 Å². The number of aromatic nitrogens is 2. The van der Waals surface area contributed by atoms with Gasteiger partial charge in [0.25, 0.3) is 0 Å². The summed E-state index contributed by atoms with van der Waals surface area (Å²) in [6.07, 6.45) is 0.649. The number of halogens is 3. The Balaban J connectivity index is 1.97. The van der Waals surface area contributed by atoms with Gasteiger partial charge in [-0.15, -0.1) is 0 Å². The Labute approximate surface area is 142 Å². The third-order valence-corrected chi connectivity index (χ3v) is 4.41. The summed E-state index contributed by atoms with van der Waals surface area (Å²) in [5.74, 6) is -1.26. The zero-order valence-electron chi connectivity index (χ0n) is 12.7. The summed E-state index contributed by atoms with van der Waals surface area (Å²) in [4.78, 5) is 0. The third-order valence-electron chi connectivity index (χ3n) is 4.18. The van der Waals surface area contributed by atoms with E-state index in [-0.39, 0.29) is 5.69 Å². The van der Waals surface area contributed by atoms with Gasteiger partial charge < -0.3 is 5.32 Å². The van der Waals surface area contributed by atoms with E-state index in [1.807, 2.05) is 12.1 Å². The lowest BCUT2D eigenvalue weighted by Gasteiger charge is -2.16. The van der Waals surface area contributed by atoms with Crippen molar-refractivity contribution in [2.75, 3.05) is 6.54 Å². The Morgan fingerprint density at radius 3 is 2.58 bits per heavy atom. The minimum atomic E-state index is -0.628. The summed E-state index contributed by atoms with van der Waals surface area (Å²) in [7, 11) is 0. The number of nitrogens with zero attached hydrogens (tertiary/aromatic N) is 2. The number of fused-ring (bicyclic) bond motifs is 1. The minimum Gasteiger partial charge on any atom is -0.312 e. The molecule has 6 heteroatoms. The van der Waals surface area contributed by atoms with Crippen LogP contribution in [0.5, 0.6) is 0 Å². The molecule has 2 heterocycles. The predicted molar refractivity (Wildman–Crippen MR) is 89.3 cm³/mol. The highest BCUT2D eigenvalue weighted by Crippen LogP contribution is 2.32. The van der Waals surface area contributed by atoms with Crippen molar-refractivity contribution in [1.29, 1.82) is 0 Å². The number of para-hydroxylation sites is 1. The lowest BCUT2D eigenvalue weighted by atomic mass is 10.0. The second-order valence-corrected chi connectivity index (χ2v) is 6.13. The molecule has 3 aromatic rings. The SMILES string of the molecule is Fc1cccc(F)c1-n1nc(-c2cccc(Cl)c2)c2c1CCNC2. The number of rotatable bonds is 2. The maximum Gasteiger partial charge on any atom is 0.151 e. The van der Waals surface area contributed by atoms with E-state index >= 15 is 0 Å². The fourth-order valence-electron chi connectivity index (χ4n) is 3.09. The third kappa shape index (κ3) is 2.50. The lowest BCUT2D eigenvalue weighted by molar-refractivity contribution is 0.548. The monoisotopic (exact) mass is 345 g/mol. The zero-order chi connectivity index (χ0) is 16.7. The summed E-state index contributed by atoms with van der Waals surface area (Å²) in [5, 5.41) is 8.41. The van der Waals surface area contributed by atoms with Gasteiger partial charge in [-0.25, -0.2) is 13.5 Å². The average molecular weight is 346 g/mol. The molecule has 1 aliphatic heterocycles. The molecule has 3 nitrogen and oxygen atoms in total. The van der Waals surface area contributed by atoms with E-state index in [4.69, 9.17) is 11.6 Å². The molecule has 0 unspecified atom stereocenters. The molecular formula is C18H14ClF2N3. The molecule has 1 N–H and O–H groups in total. The first-order valence-corrected chi connectivity index (χ1v) is 8.05. The quantitative estimate of drug-likeness (QED) is 0.757. The van der Waals surface area contributed by atoms with Gasteiger partial charge in [0.2, 0.25) is 0 Å². The standard InChI is InChI=1S/C18H14ClF2N3/c19-12-4-1-3-11(9-12)17-13-10-22-8-7-16(13)24(23-17)18-14(20)5-2-6-15(18)21/h1-6,9,22H,7-8,10H2. The van der Waals surface area contributed by atoms with Gasteiger partial charge >= 0.3 is 0 Å². The van der Waals surface area contributed by atoms with Gasteiger partial charge in [0.15, 0.2) is 11.6 Å². The van der Waals surface area contributed by atoms with Gasteiger partial charge in [0, 0.05) is 35.7 Å². The molecule has 1 aromatic heterocycles. The van der Waals surface area contributed by atoms with Crippen molar-refractivity contribution in [3.8, 4) is 16.9 Å². The predicted octanol–water partition coefficient (Wildman–Crippen LogP) is 4.12. The van der Waals surface area contributed by atoms with Crippen LogP contribution in [0.2, 0.25) is 5.02 Å². The zero-order valence-corrected chi connectivity index (χ0v) is 13.4. The topological polar surface area (TPSA) is 29.9 Å². The molecule has 0 atom stereocenters. The largest absolute Gasteiger partial charge is 0.312 e. The summed E-state index contributed by atoms with van der Waals surface area (Å²) < 4.78 is 29.9. The molecule has 24 heavy (non-hydrogen) atoms. The molecule has 0 spiro atoms. The van der Waals surface area contributed by atoms with Crippen LogP contribution in [0.1, 0.15) is 11.3 Å². The molecule has 4 rings (SSSR count). The first-order chi connectivity index (χ1) is 11.6. The second kappa shape index (κ2) is 6.00. The maximum atomic E-state index is 14.2. The van der Waals surface area contributed by atoms with Crippen LogP contribution in [0.4, 0.5) is 8.78 Å². The van der Waals surface area contributed by atoms with Crippen LogP contribution in [-0.4, -0.2) is 16.3 Å². The summed E-state index contributed by atoms with van der Waals surface area (Å²) in [6, 6.07) is 11.2. The highest BCUT2D eigenvalue weighted by Gasteiger charge is 2.25. The summed E-state index contributed by atoms with van der Waals surface area (Å²) in [6.45, 7) is 1.34. The van der Waals surface area contributed by atoms with Gasteiger partial charge in [-0.2, -0.15) is 5.10 Å². The Bertz CT molecular complexity index is 900. The van der Waals surface area contributed by atoms with Gasteiger partial charge in [0.05, 0.1) is 11.4 Å². The number of hydrogen-bond acceptors (Lipinski definition) is 2. The van der Waals surface area contributed by atoms with E-state index in [9.17, 15) is 8.78 Å². The normalized spacial score (nSPS) is 13.8. The fourth-order valence-corrected chi connectivity index (χ4v) is 3.28. The molecule has 122 valence electrons. The molecule has 0 saturated carbocycles. The van der Waals surface area contributed by atoms with Gasteiger partial charge in [-0.3, -0.25) is 0 Å². The first-order valence-electron chi connectivity index (χ1n) is 7.67. The molecule has 1 aliphatic rings. The van der Waals surface area contributed by atoms with Crippen LogP contribution in [0, 0.1) is 11.6 Å². The van der Waals surface area contributed by atoms with Crippen molar-refractivity contribution >= 4 is 11.6 Å². The van der Waals surface area contributed by atoms with Gasteiger partial charge in [0.1, 0.15) is 5.69 Å². The number of benzene rings is 2. The van der Waals surface area contributed by atoms with Crippen molar-refractivity contribution in [3.63, 3.8) is 0 Å². The summed E-state index contributed by atoms with van der Waals surface area (Å²) >= 11 is 6.08. The lowest BCUT2D eigenvalue weighted by Crippen LogP contribution is -2.25. The van der Waals surface area contributed by atoms with E-state index in [2.05, 4.69) is 10.4 Å². The molecule has 0 fully saturated rings. The Hall–Kier alpha value is -2.24. The Kier molecular flexibility index (Phi) is 3.82. The van der Waals surface area contributed by atoms with Crippen molar-refractivity contribution in [3.05, 3.63) is 70.4 Å². The van der Waals surface area contributed by atoms with Crippen molar-refractivity contribution in [2.24, 2.45) is 0 Å². The average Bonchev–Trinajstić information content (AvgIpc) is 2.94. The van der Waals surface area contributed by atoms with E-state index in [0.29, 0.717) is 23.7 Å². The van der Waals surface area contributed by atoms with Crippen LogP contribution in [0.15, 0.2) is 42.5 Å². The fraction of sp³-hybridized carbons (Fsp3) is 0.167. The van der Waals surface area contributed by atoms with Crippen LogP contribution in [0.3, 0.4) is 0 Å². The molecule has 0 aliphatic carbocycles. The molecular weight excluding hydrogens is 332 g/mol. The van der Waals surface area contributed by atoms with E-state index in [0.717, 1.165) is 23.4 Å². The van der Waals surface area contributed by atoms with Crippen molar-refractivity contribution in [2.45, 2.75) is 13.0 Å². The molecule has 0 radical (unpaired) electrons. The van der Waals surface area contributed by atoms with E-state index < -0.39 is 11.6 Å². The van der Waals surface area contributed by atoms with Crippen molar-refractivity contribution < 1.29 is 8.78 Å². The first kappa shape index (κ1) is 15.3. The molecule has 0 bridgehead atoms. The molecule has 0 amide bonds. The molecule has 0 saturated heterocycles.